The van der Waals surface area contributed by atoms with Gasteiger partial charge in [0.1, 0.15) is 0 Å². The Labute approximate surface area is 169 Å². The normalized spacial score (nSPS) is 14.1. The Kier molecular flexibility index (Phi) is 5.84. The van der Waals surface area contributed by atoms with Crippen LogP contribution in [0.2, 0.25) is 0 Å². The van der Waals surface area contributed by atoms with Crippen LogP contribution < -0.4 is 15.8 Å². The third-order valence-corrected chi connectivity index (χ3v) is 5.29. The van der Waals surface area contributed by atoms with Gasteiger partial charge in [-0.3, -0.25) is 14.6 Å². The molecule has 0 spiro atoms. The summed E-state index contributed by atoms with van der Waals surface area (Å²) in [6, 6.07) is 11.4. The largest absolute Gasteiger partial charge is 0.352 e. The fraction of sp³-hybridized carbons (Fsp3) is 0.364. The molecule has 1 aliphatic heterocycles. The van der Waals surface area contributed by atoms with Crippen molar-refractivity contribution in [2.45, 2.75) is 38.8 Å². The van der Waals surface area contributed by atoms with E-state index in [2.05, 4.69) is 20.2 Å². The summed E-state index contributed by atoms with van der Waals surface area (Å²) in [4.78, 5) is 36.3. The molecule has 1 N–H and O–H groups in total. The maximum absolute atomic E-state index is 13.2. The molecule has 7 nitrogen and oxygen atoms in total. The summed E-state index contributed by atoms with van der Waals surface area (Å²) >= 11 is 0. The predicted molar refractivity (Wildman–Crippen MR) is 113 cm³/mol. The maximum Gasteiger partial charge on any atom is 0.294 e. The molecule has 1 saturated heterocycles. The number of carbonyl (C=O) groups is 1. The summed E-state index contributed by atoms with van der Waals surface area (Å²) < 4.78 is 1.69. The minimum atomic E-state index is -0.118. The molecule has 0 radical (unpaired) electrons. The van der Waals surface area contributed by atoms with Gasteiger partial charge < -0.3 is 14.8 Å². The lowest BCUT2D eigenvalue weighted by Gasteiger charge is -2.27. The van der Waals surface area contributed by atoms with E-state index < -0.39 is 0 Å². The predicted octanol–water partition coefficient (Wildman–Crippen LogP) is 2.49. The molecule has 3 aromatic rings. The van der Waals surface area contributed by atoms with Gasteiger partial charge in [-0.2, -0.15) is 0 Å². The Morgan fingerprint density at radius 1 is 1.03 bits per heavy atom. The van der Waals surface area contributed by atoms with Crippen LogP contribution in [0.5, 0.6) is 0 Å². The second-order valence-corrected chi connectivity index (χ2v) is 7.31. The minimum absolute atomic E-state index is 0.0888. The Balaban J connectivity index is 1.53. The highest BCUT2D eigenvalue weighted by molar-refractivity contribution is 5.78. The molecule has 0 atom stereocenters. The Morgan fingerprint density at radius 3 is 2.59 bits per heavy atom. The van der Waals surface area contributed by atoms with Crippen LogP contribution in [-0.2, 0) is 17.9 Å². The van der Waals surface area contributed by atoms with Crippen LogP contribution >= 0.6 is 0 Å². The lowest BCUT2D eigenvalue weighted by molar-refractivity contribution is -0.121. The first-order valence-electron chi connectivity index (χ1n) is 10.1. The van der Waals surface area contributed by atoms with Crippen molar-refractivity contribution in [2.24, 2.45) is 0 Å². The zero-order valence-corrected chi connectivity index (χ0v) is 16.4. The van der Waals surface area contributed by atoms with Crippen molar-refractivity contribution in [2.75, 3.05) is 18.0 Å². The minimum Gasteiger partial charge on any atom is -0.352 e. The first kappa shape index (κ1) is 19.1. The van der Waals surface area contributed by atoms with E-state index in [0.29, 0.717) is 18.9 Å². The van der Waals surface area contributed by atoms with Crippen molar-refractivity contribution in [3.05, 3.63) is 64.7 Å². The van der Waals surface area contributed by atoms with Crippen LogP contribution in [0.3, 0.4) is 0 Å². The van der Waals surface area contributed by atoms with Crippen LogP contribution in [0, 0.1) is 0 Å². The summed E-state index contributed by atoms with van der Waals surface area (Å²) in [5.74, 6) is 0.412. The zero-order valence-electron chi connectivity index (χ0n) is 16.4. The number of nitrogens with one attached hydrogen (secondary N) is 1. The van der Waals surface area contributed by atoms with E-state index in [4.69, 9.17) is 0 Å². The number of hydrogen-bond donors (Lipinski definition) is 1. The van der Waals surface area contributed by atoms with Crippen LogP contribution in [0.4, 0.5) is 5.82 Å². The van der Waals surface area contributed by atoms with E-state index in [9.17, 15) is 9.59 Å². The fourth-order valence-electron chi connectivity index (χ4n) is 3.72. The Bertz CT molecular complexity index is 1040. The van der Waals surface area contributed by atoms with Gasteiger partial charge in [-0.15, -0.1) is 0 Å². The lowest BCUT2D eigenvalue weighted by atomic mass is 10.1. The second-order valence-electron chi connectivity index (χ2n) is 7.31. The second kappa shape index (κ2) is 8.86. The summed E-state index contributed by atoms with van der Waals surface area (Å²) in [6.07, 6.45) is 6.98. The van der Waals surface area contributed by atoms with Crippen molar-refractivity contribution in [1.82, 2.24) is 19.9 Å². The van der Waals surface area contributed by atoms with Crippen LogP contribution in [0.25, 0.3) is 11.0 Å². The molecule has 0 bridgehead atoms. The summed E-state index contributed by atoms with van der Waals surface area (Å²) in [7, 11) is 0. The van der Waals surface area contributed by atoms with Crippen LogP contribution in [0.15, 0.2) is 53.6 Å². The Hall–Kier alpha value is -3.22. The first-order chi connectivity index (χ1) is 14.2. The van der Waals surface area contributed by atoms with E-state index in [0.717, 1.165) is 42.5 Å². The van der Waals surface area contributed by atoms with Crippen molar-refractivity contribution in [3.63, 3.8) is 0 Å². The molecule has 0 unspecified atom stereocenters. The third kappa shape index (κ3) is 4.45. The number of para-hydroxylation sites is 2. The number of aryl methyl sites for hydroxylation is 1. The molecular formula is C22H25N5O2. The van der Waals surface area contributed by atoms with Gasteiger partial charge in [0.25, 0.3) is 5.56 Å². The van der Waals surface area contributed by atoms with Gasteiger partial charge in [-0.1, -0.05) is 12.1 Å². The first-order valence-corrected chi connectivity index (χ1v) is 10.1. The average Bonchev–Trinajstić information content (AvgIpc) is 2.78. The van der Waals surface area contributed by atoms with Crippen molar-refractivity contribution in [1.29, 1.82) is 0 Å². The molecule has 2 aromatic heterocycles. The molecular weight excluding hydrogens is 366 g/mol. The SMILES string of the molecule is O=C(CCn1c(=O)c(N2CCCCC2)nc2ccccc21)NCc1ccncc1. The number of aromatic nitrogens is 3. The number of fused-ring (bicyclic) bond motifs is 1. The third-order valence-electron chi connectivity index (χ3n) is 5.29. The van der Waals surface area contributed by atoms with Gasteiger partial charge >= 0.3 is 0 Å². The molecule has 7 heteroatoms. The molecule has 3 heterocycles. The van der Waals surface area contributed by atoms with Gasteiger partial charge in [0, 0.05) is 45.0 Å². The molecule has 0 saturated carbocycles. The van der Waals surface area contributed by atoms with Crippen molar-refractivity contribution < 1.29 is 4.79 Å². The van der Waals surface area contributed by atoms with Gasteiger partial charge in [0.15, 0.2) is 5.82 Å². The standard InChI is InChI=1S/C22H25N5O2/c28-20(24-16-17-8-11-23-12-9-17)10-15-27-19-7-3-2-6-18(19)25-21(22(27)29)26-13-4-1-5-14-26/h2-3,6-9,11-12H,1,4-5,10,13-16H2,(H,24,28). The molecule has 1 aliphatic rings. The van der Waals surface area contributed by atoms with Crippen molar-refractivity contribution >= 4 is 22.8 Å². The number of benzene rings is 1. The fourth-order valence-corrected chi connectivity index (χ4v) is 3.72. The molecule has 1 amide bonds. The highest BCUT2D eigenvalue weighted by Crippen LogP contribution is 2.18. The molecule has 0 aliphatic carbocycles. The van der Waals surface area contributed by atoms with Gasteiger partial charge in [-0.05, 0) is 49.1 Å². The quantitative estimate of drug-likeness (QED) is 0.698. The number of carbonyl (C=O) groups excluding carboxylic acids is 1. The topological polar surface area (TPSA) is 80.1 Å². The Morgan fingerprint density at radius 2 is 1.79 bits per heavy atom. The smallest absolute Gasteiger partial charge is 0.294 e. The van der Waals surface area contributed by atoms with Crippen LogP contribution in [-0.4, -0.2) is 33.5 Å². The van der Waals surface area contributed by atoms with Crippen molar-refractivity contribution in [3.8, 4) is 0 Å². The van der Waals surface area contributed by atoms with Crippen LogP contribution in [0.1, 0.15) is 31.2 Å². The number of amides is 1. The van der Waals surface area contributed by atoms with E-state index in [-0.39, 0.29) is 17.9 Å². The number of hydrogen-bond acceptors (Lipinski definition) is 5. The van der Waals surface area contributed by atoms with E-state index in [1.165, 1.54) is 6.42 Å². The van der Waals surface area contributed by atoms with E-state index in [1.807, 2.05) is 36.4 Å². The lowest BCUT2D eigenvalue weighted by Crippen LogP contribution is -2.37. The monoisotopic (exact) mass is 391 g/mol. The summed E-state index contributed by atoms with van der Waals surface area (Å²) in [6.45, 7) is 2.48. The molecule has 1 aromatic carbocycles. The number of pyridine rings is 1. The highest BCUT2D eigenvalue weighted by atomic mass is 16.2. The summed E-state index contributed by atoms with van der Waals surface area (Å²) in [5.41, 5.74) is 2.42. The summed E-state index contributed by atoms with van der Waals surface area (Å²) in [5, 5.41) is 2.91. The number of rotatable bonds is 6. The molecule has 4 rings (SSSR count). The van der Waals surface area contributed by atoms with E-state index in [1.54, 1.807) is 17.0 Å². The average molecular weight is 391 g/mol. The maximum atomic E-state index is 13.2. The molecule has 1 fully saturated rings. The number of piperidine rings is 1. The number of nitrogens with zero attached hydrogens (tertiary/aromatic N) is 4. The highest BCUT2D eigenvalue weighted by Gasteiger charge is 2.19. The van der Waals surface area contributed by atoms with Gasteiger partial charge in [0.05, 0.1) is 11.0 Å². The number of anilines is 1. The van der Waals surface area contributed by atoms with Gasteiger partial charge in [0.2, 0.25) is 5.91 Å². The van der Waals surface area contributed by atoms with Gasteiger partial charge in [-0.25, -0.2) is 4.98 Å². The molecule has 150 valence electrons. The van der Waals surface area contributed by atoms with E-state index >= 15 is 0 Å². The molecule has 29 heavy (non-hydrogen) atoms. The zero-order chi connectivity index (χ0) is 20.1.